The Hall–Kier alpha value is -0.730. The summed E-state index contributed by atoms with van der Waals surface area (Å²) in [4.78, 5) is 13.5. The molecule has 86 valence electrons. The van der Waals surface area contributed by atoms with Gasteiger partial charge < -0.3 is 9.64 Å². The fourth-order valence-corrected chi connectivity index (χ4v) is 1.88. The van der Waals surface area contributed by atoms with Gasteiger partial charge in [0.25, 0.3) is 0 Å². The second kappa shape index (κ2) is 4.03. The van der Waals surface area contributed by atoms with E-state index < -0.39 is 0 Å². The Bertz CT molecular complexity index is 240. The highest BCUT2D eigenvalue weighted by Gasteiger charge is 2.39. The number of carbonyl (C=O) groups is 1. The molecule has 0 spiro atoms. The maximum atomic E-state index is 11.7. The van der Waals surface area contributed by atoms with Gasteiger partial charge in [-0.05, 0) is 31.6 Å². The molecule has 0 N–H and O–H groups in total. The van der Waals surface area contributed by atoms with Gasteiger partial charge in [0.2, 0.25) is 0 Å². The topological polar surface area (TPSA) is 29.5 Å². The van der Waals surface area contributed by atoms with Gasteiger partial charge in [-0.2, -0.15) is 0 Å². The summed E-state index contributed by atoms with van der Waals surface area (Å²) in [7, 11) is 0. The van der Waals surface area contributed by atoms with E-state index in [1.807, 2.05) is 4.90 Å². The van der Waals surface area contributed by atoms with Crippen molar-refractivity contribution < 1.29 is 9.53 Å². The van der Waals surface area contributed by atoms with E-state index in [4.69, 9.17) is 4.74 Å². The zero-order valence-electron chi connectivity index (χ0n) is 9.79. The predicted octanol–water partition coefficient (Wildman–Crippen LogP) is 2.66. The standard InChI is InChI=1S/C12H21NO2/c1-10-3-7-13(8-4-10)11(14)15-9-12(2)5-6-12/h10H,3-9H2,1-2H3. The van der Waals surface area contributed by atoms with Crippen molar-refractivity contribution in [1.29, 1.82) is 0 Å². The van der Waals surface area contributed by atoms with Gasteiger partial charge in [0.05, 0.1) is 6.61 Å². The first-order valence-corrected chi connectivity index (χ1v) is 6.01. The van der Waals surface area contributed by atoms with Gasteiger partial charge in [0, 0.05) is 18.5 Å². The molecule has 2 fully saturated rings. The second-order valence-electron chi connectivity index (χ2n) is 5.53. The third kappa shape index (κ3) is 2.86. The predicted molar refractivity (Wildman–Crippen MR) is 58.7 cm³/mol. The van der Waals surface area contributed by atoms with Gasteiger partial charge >= 0.3 is 6.09 Å². The summed E-state index contributed by atoms with van der Waals surface area (Å²) in [5.41, 5.74) is 0.304. The van der Waals surface area contributed by atoms with Crippen LogP contribution in [0.3, 0.4) is 0 Å². The summed E-state index contributed by atoms with van der Waals surface area (Å²) in [6.07, 6.45) is 4.54. The number of ether oxygens (including phenoxy) is 1. The normalized spacial score (nSPS) is 25.1. The Kier molecular flexibility index (Phi) is 2.89. The first-order chi connectivity index (χ1) is 7.09. The molecule has 15 heavy (non-hydrogen) atoms. The fraction of sp³-hybridized carbons (Fsp3) is 0.917. The van der Waals surface area contributed by atoms with Crippen molar-refractivity contribution in [3.63, 3.8) is 0 Å². The number of carbonyl (C=O) groups excluding carboxylic acids is 1. The van der Waals surface area contributed by atoms with Gasteiger partial charge in [0.15, 0.2) is 0 Å². The molecule has 2 aliphatic rings. The molecule has 2 rings (SSSR count). The first kappa shape index (κ1) is 10.8. The highest BCUT2D eigenvalue weighted by atomic mass is 16.6. The van der Waals surface area contributed by atoms with Crippen LogP contribution in [-0.2, 0) is 4.74 Å². The van der Waals surface area contributed by atoms with E-state index in [1.54, 1.807) is 0 Å². The molecule has 0 unspecified atom stereocenters. The molecule has 0 radical (unpaired) electrons. The molecule has 3 nitrogen and oxygen atoms in total. The smallest absolute Gasteiger partial charge is 0.409 e. The van der Waals surface area contributed by atoms with Crippen molar-refractivity contribution in [3.05, 3.63) is 0 Å². The molecule has 1 aliphatic carbocycles. The van der Waals surface area contributed by atoms with Crippen LogP contribution in [0.25, 0.3) is 0 Å². The molecule has 0 aromatic heterocycles. The number of likely N-dealkylation sites (tertiary alicyclic amines) is 1. The van der Waals surface area contributed by atoms with Crippen molar-refractivity contribution in [2.75, 3.05) is 19.7 Å². The summed E-state index contributed by atoms with van der Waals surface area (Å²) in [6.45, 7) is 6.78. The van der Waals surface area contributed by atoms with Crippen LogP contribution < -0.4 is 0 Å². The second-order valence-corrected chi connectivity index (χ2v) is 5.53. The molecule has 0 aromatic carbocycles. The molecular formula is C12H21NO2. The number of amides is 1. The van der Waals surface area contributed by atoms with Crippen LogP contribution in [0.15, 0.2) is 0 Å². The van der Waals surface area contributed by atoms with Crippen LogP contribution in [0.5, 0.6) is 0 Å². The van der Waals surface area contributed by atoms with Crippen molar-refractivity contribution in [2.45, 2.75) is 39.5 Å². The maximum Gasteiger partial charge on any atom is 0.409 e. The quantitative estimate of drug-likeness (QED) is 0.702. The molecule has 3 heteroatoms. The van der Waals surface area contributed by atoms with Gasteiger partial charge in [-0.3, -0.25) is 0 Å². The lowest BCUT2D eigenvalue weighted by atomic mass is 10.00. The van der Waals surface area contributed by atoms with E-state index in [-0.39, 0.29) is 6.09 Å². The molecule has 0 bridgehead atoms. The molecule has 1 aliphatic heterocycles. The number of rotatable bonds is 2. The van der Waals surface area contributed by atoms with Gasteiger partial charge in [-0.1, -0.05) is 13.8 Å². The SMILES string of the molecule is CC1CCN(C(=O)OCC2(C)CC2)CC1. The highest BCUT2D eigenvalue weighted by molar-refractivity contribution is 5.67. The Balaban J connectivity index is 1.71. The van der Waals surface area contributed by atoms with Crippen molar-refractivity contribution in [1.82, 2.24) is 4.90 Å². The number of hydrogen-bond donors (Lipinski definition) is 0. The van der Waals surface area contributed by atoms with E-state index in [0.29, 0.717) is 12.0 Å². The summed E-state index contributed by atoms with van der Waals surface area (Å²) in [5.74, 6) is 0.759. The van der Waals surface area contributed by atoms with Crippen LogP contribution in [0, 0.1) is 11.3 Å². The Morgan fingerprint density at radius 3 is 2.53 bits per heavy atom. The lowest BCUT2D eigenvalue weighted by molar-refractivity contribution is 0.0749. The van der Waals surface area contributed by atoms with Crippen LogP contribution in [0.4, 0.5) is 4.79 Å². The van der Waals surface area contributed by atoms with Crippen LogP contribution >= 0.6 is 0 Å². The molecule has 1 saturated carbocycles. The largest absolute Gasteiger partial charge is 0.449 e. The monoisotopic (exact) mass is 211 g/mol. The zero-order valence-corrected chi connectivity index (χ0v) is 9.79. The summed E-state index contributed by atoms with van der Waals surface area (Å²) >= 11 is 0. The minimum atomic E-state index is -0.102. The molecule has 1 heterocycles. The average molecular weight is 211 g/mol. The Labute approximate surface area is 91.8 Å². The van der Waals surface area contributed by atoms with Crippen LogP contribution in [-0.4, -0.2) is 30.7 Å². The van der Waals surface area contributed by atoms with Crippen LogP contribution in [0.1, 0.15) is 39.5 Å². The highest BCUT2D eigenvalue weighted by Crippen LogP contribution is 2.45. The van der Waals surface area contributed by atoms with Crippen molar-refractivity contribution >= 4 is 6.09 Å². The van der Waals surface area contributed by atoms with Crippen molar-refractivity contribution in [2.24, 2.45) is 11.3 Å². The summed E-state index contributed by atoms with van der Waals surface area (Å²) in [5, 5.41) is 0. The molecule has 0 aromatic rings. The Morgan fingerprint density at radius 1 is 1.40 bits per heavy atom. The van der Waals surface area contributed by atoms with Gasteiger partial charge in [0.1, 0.15) is 0 Å². The molecule has 0 atom stereocenters. The van der Waals surface area contributed by atoms with E-state index >= 15 is 0 Å². The summed E-state index contributed by atoms with van der Waals surface area (Å²) in [6, 6.07) is 0. The minimum absolute atomic E-state index is 0.102. The maximum absolute atomic E-state index is 11.7. The molecular weight excluding hydrogens is 190 g/mol. The Morgan fingerprint density at radius 2 is 2.00 bits per heavy atom. The third-order valence-electron chi connectivity index (χ3n) is 3.69. The summed E-state index contributed by atoms with van der Waals surface area (Å²) < 4.78 is 5.33. The van der Waals surface area contributed by atoms with E-state index in [2.05, 4.69) is 13.8 Å². The van der Waals surface area contributed by atoms with Gasteiger partial charge in [-0.15, -0.1) is 0 Å². The lowest BCUT2D eigenvalue weighted by Crippen LogP contribution is -2.38. The lowest BCUT2D eigenvalue weighted by Gasteiger charge is -2.29. The van der Waals surface area contributed by atoms with Crippen molar-refractivity contribution in [3.8, 4) is 0 Å². The first-order valence-electron chi connectivity index (χ1n) is 6.01. The van der Waals surface area contributed by atoms with E-state index in [0.717, 1.165) is 31.8 Å². The van der Waals surface area contributed by atoms with Gasteiger partial charge in [-0.25, -0.2) is 4.79 Å². The van der Waals surface area contributed by atoms with E-state index in [9.17, 15) is 4.79 Å². The number of nitrogens with zero attached hydrogens (tertiary/aromatic N) is 1. The average Bonchev–Trinajstić information content (AvgIpc) is 2.95. The number of piperidine rings is 1. The molecule has 1 amide bonds. The fourth-order valence-electron chi connectivity index (χ4n) is 1.88. The molecule has 1 saturated heterocycles. The zero-order chi connectivity index (χ0) is 10.9. The minimum Gasteiger partial charge on any atom is -0.449 e. The van der Waals surface area contributed by atoms with Crippen LogP contribution in [0.2, 0.25) is 0 Å². The number of hydrogen-bond acceptors (Lipinski definition) is 2. The third-order valence-corrected chi connectivity index (χ3v) is 3.69. The van der Waals surface area contributed by atoms with E-state index in [1.165, 1.54) is 12.8 Å².